The van der Waals surface area contributed by atoms with Crippen LogP contribution in [0.5, 0.6) is 5.75 Å². The predicted molar refractivity (Wildman–Crippen MR) is 53.2 cm³/mol. The van der Waals surface area contributed by atoms with E-state index in [0.717, 1.165) is 6.07 Å². The lowest BCUT2D eigenvalue weighted by atomic mass is 9.95. The first kappa shape index (κ1) is 11.3. The molecule has 88 valence electrons. The van der Waals surface area contributed by atoms with Crippen molar-refractivity contribution in [1.29, 1.82) is 0 Å². The van der Waals surface area contributed by atoms with Gasteiger partial charge in [0.25, 0.3) is 5.92 Å². The van der Waals surface area contributed by atoms with Crippen LogP contribution in [-0.4, -0.2) is 19.6 Å². The van der Waals surface area contributed by atoms with E-state index >= 15 is 0 Å². The Morgan fingerprint density at radius 3 is 2.44 bits per heavy atom. The summed E-state index contributed by atoms with van der Waals surface area (Å²) in [7, 11) is 1.32. The van der Waals surface area contributed by atoms with Crippen LogP contribution in [0.2, 0.25) is 0 Å². The first-order chi connectivity index (χ1) is 7.47. The van der Waals surface area contributed by atoms with Gasteiger partial charge in [0.2, 0.25) is 0 Å². The third-order valence-electron chi connectivity index (χ3n) is 3.15. The van der Waals surface area contributed by atoms with Gasteiger partial charge in [-0.15, -0.1) is 0 Å². The van der Waals surface area contributed by atoms with Gasteiger partial charge in [0.15, 0.2) is 11.6 Å². The maximum Gasteiger partial charge on any atom is 0.260 e. The molecule has 1 saturated carbocycles. The van der Waals surface area contributed by atoms with E-state index in [2.05, 4.69) is 0 Å². The van der Waals surface area contributed by atoms with Gasteiger partial charge >= 0.3 is 0 Å². The minimum atomic E-state index is -2.83. The number of nitrogens with two attached hydrogens (primary N) is 1. The number of hydrogen-bond donors (Lipinski definition) is 1. The van der Waals surface area contributed by atoms with Crippen LogP contribution < -0.4 is 10.5 Å². The SMILES string of the molecule is COc1ccc(C2(CN)CC2(F)F)cc1F. The number of methoxy groups -OCH3 is 1. The summed E-state index contributed by atoms with van der Waals surface area (Å²) in [6.45, 7) is -0.189. The van der Waals surface area contributed by atoms with E-state index in [1.54, 1.807) is 0 Å². The molecule has 1 aliphatic carbocycles. The fourth-order valence-corrected chi connectivity index (χ4v) is 1.95. The minimum Gasteiger partial charge on any atom is -0.494 e. The zero-order valence-corrected chi connectivity index (χ0v) is 8.77. The summed E-state index contributed by atoms with van der Waals surface area (Å²) >= 11 is 0. The van der Waals surface area contributed by atoms with E-state index in [1.165, 1.54) is 19.2 Å². The zero-order valence-electron chi connectivity index (χ0n) is 8.77. The summed E-state index contributed by atoms with van der Waals surface area (Å²) in [5, 5.41) is 0. The van der Waals surface area contributed by atoms with E-state index in [4.69, 9.17) is 10.5 Å². The van der Waals surface area contributed by atoms with Gasteiger partial charge < -0.3 is 10.5 Å². The monoisotopic (exact) mass is 231 g/mol. The molecule has 0 heterocycles. The van der Waals surface area contributed by atoms with E-state index in [9.17, 15) is 13.2 Å². The second kappa shape index (κ2) is 3.38. The molecule has 0 saturated heterocycles. The number of alkyl halides is 2. The number of halogens is 3. The van der Waals surface area contributed by atoms with Crippen molar-refractivity contribution in [2.45, 2.75) is 17.8 Å². The van der Waals surface area contributed by atoms with Gasteiger partial charge in [-0.1, -0.05) is 6.07 Å². The molecule has 2 rings (SSSR count). The fraction of sp³-hybridized carbons (Fsp3) is 0.455. The second-order valence-corrected chi connectivity index (χ2v) is 4.02. The number of rotatable bonds is 3. The Kier molecular flexibility index (Phi) is 2.38. The lowest BCUT2D eigenvalue weighted by Gasteiger charge is -2.15. The maximum absolute atomic E-state index is 13.4. The molecule has 0 aromatic heterocycles. The normalized spacial score (nSPS) is 26.6. The first-order valence-electron chi connectivity index (χ1n) is 4.89. The summed E-state index contributed by atoms with van der Waals surface area (Å²) < 4.78 is 44.5. The van der Waals surface area contributed by atoms with Gasteiger partial charge in [-0.3, -0.25) is 0 Å². The topological polar surface area (TPSA) is 35.2 Å². The van der Waals surface area contributed by atoms with E-state index in [0.29, 0.717) is 0 Å². The molecule has 1 aromatic carbocycles. The molecule has 1 unspecified atom stereocenters. The van der Waals surface area contributed by atoms with Crippen molar-refractivity contribution in [1.82, 2.24) is 0 Å². The van der Waals surface area contributed by atoms with Crippen LogP contribution in [0.1, 0.15) is 12.0 Å². The third kappa shape index (κ3) is 1.38. The molecule has 0 bridgehead atoms. The lowest BCUT2D eigenvalue weighted by molar-refractivity contribution is 0.0895. The Balaban J connectivity index is 2.39. The van der Waals surface area contributed by atoms with Crippen molar-refractivity contribution in [2.24, 2.45) is 5.73 Å². The fourth-order valence-electron chi connectivity index (χ4n) is 1.95. The molecule has 1 aromatic rings. The third-order valence-corrected chi connectivity index (χ3v) is 3.15. The Morgan fingerprint density at radius 1 is 1.44 bits per heavy atom. The zero-order chi connectivity index (χ0) is 12.0. The molecular weight excluding hydrogens is 219 g/mol. The Bertz CT molecular complexity index is 422. The summed E-state index contributed by atoms with van der Waals surface area (Å²) in [5.41, 5.74) is 4.21. The minimum absolute atomic E-state index is 0.0416. The summed E-state index contributed by atoms with van der Waals surface area (Å²) in [5.74, 6) is -3.43. The van der Waals surface area contributed by atoms with Crippen molar-refractivity contribution < 1.29 is 17.9 Å². The number of ether oxygens (including phenoxy) is 1. The molecule has 2 N–H and O–H groups in total. The Hall–Kier alpha value is -1.23. The van der Waals surface area contributed by atoms with Crippen LogP contribution in [-0.2, 0) is 5.41 Å². The maximum atomic E-state index is 13.4. The van der Waals surface area contributed by atoms with Crippen molar-refractivity contribution >= 4 is 0 Å². The van der Waals surface area contributed by atoms with Crippen molar-refractivity contribution in [3.8, 4) is 5.75 Å². The highest BCUT2D eigenvalue weighted by Crippen LogP contribution is 2.61. The molecule has 1 atom stereocenters. The molecule has 1 fully saturated rings. The van der Waals surface area contributed by atoms with Crippen LogP contribution in [0.25, 0.3) is 0 Å². The summed E-state index contributed by atoms with van der Waals surface area (Å²) in [6.07, 6.45) is -0.317. The standard InChI is InChI=1S/C11H12F3NO/c1-16-9-3-2-7(4-8(9)12)10(6-15)5-11(10,13)14/h2-4H,5-6,15H2,1H3. The highest BCUT2D eigenvalue weighted by molar-refractivity contribution is 5.42. The highest BCUT2D eigenvalue weighted by Gasteiger charge is 2.71. The molecule has 5 heteroatoms. The smallest absolute Gasteiger partial charge is 0.260 e. The second-order valence-electron chi connectivity index (χ2n) is 4.02. The molecule has 2 nitrogen and oxygen atoms in total. The van der Waals surface area contributed by atoms with Crippen LogP contribution >= 0.6 is 0 Å². The van der Waals surface area contributed by atoms with Crippen LogP contribution in [0, 0.1) is 5.82 Å². The molecule has 0 aliphatic heterocycles. The molecule has 0 radical (unpaired) electrons. The van der Waals surface area contributed by atoms with Gasteiger partial charge in [0.1, 0.15) is 0 Å². The van der Waals surface area contributed by atoms with Crippen molar-refractivity contribution in [3.05, 3.63) is 29.6 Å². The van der Waals surface area contributed by atoms with Gasteiger partial charge in [-0.2, -0.15) is 0 Å². The van der Waals surface area contributed by atoms with Crippen LogP contribution in [0.4, 0.5) is 13.2 Å². The van der Waals surface area contributed by atoms with Gasteiger partial charge in [-0.05, 0) is 17.7 Å². The average Bonchev–Trinajstić information content (AvgIpc) is 2.82. The number of hydrogen-bond acceptors (Lipinski definition) is 2. The van der Waals surface area contributed by atoms with Gasteiger partial charge in [0, 0.05) is 13.0 Å². The van der Waals surface area contributed by atoms with E-state index in [-0.39, 0.29) is 24.3 Å². The van der Waals surface area contributed by atoms with Crippen LogP contribution in [0.15, 0.2) is 18.2 Å². The molecule has 1 aliphatic rings. The van der Waals surface area contributed by atoms with Crippen LogP contribution in [0.3, 0.4) is 0 Å². The average molecular weight is 231 g/mol. The van der Waals surface area contributed by atoms with Gasteiger partial charge in [0.05, 0.1) is 12.5 Å². The molecule has 0 spiro atoms. The van der Waals surface area contributed by atoms with Gasteiger partial charge in [-0.25, -0.2) is 13.2 Å². The van der Waals surface area contributed by atoms with E-state index in [1.807, 2.05) is 0 Å². The molecule has 0 amide bonds. The Morgan fingerprint density at radius 2 is 2.06 bits per heavy atom. The molecular formula is C11H12F3NO. The highest BCUT2D eigenvalue weighted by atomic mass is 19.3. The summed E-state index contributed by atoms with van der Waals surface area (Å²) in [6, 6.07) is 3.86. The number of benzene rings is 1. The largest absolute Gasteiger partial charge is 0.494 e. The Labute approximate surface area is 91.2 Å². The first-order valence-corrected chi connectivity index (χ1v) is 4.89. The predicted octanol–water partition coefficient (Wildman–Crippen LogP) is 2.07. The quantitative estimate of drug-likeness (QED) is 0.864. The van der Waals surface area contributed by atoms with Crippen molar-refractivity contribution in [2.75, 3.05) is 13.7 Å². The lowest BCUT2D eigenvalue weighted by Crippen LogP contribution is -2.26. The van der Waals surface area contributed by atoms with Crippen molar-refractivity contribution in [3.63, 3.8) is 0 Å². The van der Waals surface area contributed by atoms with E-state index < -0.39 is 17.2 Å². The molecule has 16 heavy (non-hydrogen) atoms. The summed E-state index contributed by atoms with van der Waals surface area (Å²) in [4.78, 5) is 0.